The Morgan fingerprint density at radius 1 is 1.17 bits per heavy atom. The molecule has 1 aromatic carbocycles. The molecule has 2 rings (SSSR count). The molecule has 0 amide bonds. The second kappa shape index (κ2) is 6.07. The van der Waals surface area contributed by atoms with E-state index in [2.05, 4.69) is 36.1 Å². The van der Waals surface area contributed by atoms with Crippen LogP contribution >= 0.6 is 0 Å². The van der Waals surface area contributed by atoms with Crippen molar-refractivity contribution in [2.45, 2.75) is 57.0 Å². The Labute approximate surface area is 110 Å². The van der Waals surface area contributed by atoms with Crippen molar-refractivity contribution in [3.8, 4) is 11.8 Å². The zero-order valence-corrected chi connectivity index (χ0v) is 11.2. The molecule has 1 heteroatoms. The summed E-state index contributed by atoms with van der Waals surface area (Å²) in [6, 6.07) is 10.5. The van der Waals surface area contributed by atoms with E-state index >= 15 is 0 Å². The van der Waals surface area contributed by atoms with Gasteiger partial charge in [0.2, 0.25) is 0 Å². The number of aliphatic hydroxyl groups is 1. The third-order valence-electron chi connectivity index (χ3n) is 4.20. The van der Waals surface area contributed by atoms with E-state index in [1.807, 2.05) is 13.0 Å². The average Bonchev–Trinajstić information content (AvgIpc) is 2.46. The summed E-state index contributed by atoms with van der Waals surface area (Å²) < 4.78 is 0. The van der Waals surface area contributed by atoms with Crippen LogP contribution in [0.2, 0.25) is 0 Å². The first kappa shape index (κ1) is 13.2. The summed E-state index contributed by atoms with van der Waals surface area (Å²) in [6.07, 6.45) is 6.14. The van der Waals surface area contributed by atoms with Crippen LogP contribution in [0.5, 0.6) is 0 Å². The van der Waals surface area contributed by atoms with Crippen molar-refractivity contribution in [2.75, 3.05) is 0 Å². The first-order valence-corrected chi connectivity index (χ1v) is 6.93. The smallest absolute Gasteiger partial charge is 0.0745 e. The molecule has 0 heterocycles. The molecule has 0 bridgehead atoms. The van der Waals surface area contributed by atoms with E-state index in [1.165, 1.54) is 24.8 Å². The lowest BCUT2D eigenvalue weighted by atomic mass is 9.65. The van der Waals surface area contributed by atoms with Gasteiger partial charge in [-0.3, -0.25) is 0 Å². The molecule has 18 heavy (non-hydrogen) atoms. The number of rotatable bonds is 3. The highest BCUT2D eigenvalue weighted by Gasteiger charge is 2.39. The quantitative estimate of drug-likeness (QED) is 0.802. The normalized spacial score (nSPS) is 19.7. The van der Waals surface area contributed by atoms with E-state index in [1.54, 1.807) is 0 Å². The Bertz CT molecular complexity index is 418. The van der Waals surface area contributed by atoms with Crippen LogP contribution in [0.1, 0.15) is 51.0 Å². The highest BCUT2D eigenvalue weighted by molar-refractivity contribution is 5.28. The summed E-state index contributed by atoms with van der Waals surface area (Å²) in [6.45, 7) is 1.84. The minimum absolute atomic E-state index is 0.0661. The van der Waals surface area contributed by atoms with Gasteiger partial charge in [-0.15, -0.1) is 11.8 Å². The van der Waals surface area contributed by atoms with Gasteiger partial charge in [-0.2, -0.15) is 0 Å². The molecule has 1 N–H and O–H groups in total. The molecule has 96 valence electrons. The summed E-state index contributed by atoms with van der Waals surface area (Å²) in [5, 5.41) is 10.6. The Balaban J connectivity index is 2.30. The lowest BCUT2D eigenvalue weighted by molar-refractivity contribution is 0.0576. The van der Waals surface area contributed by atoms with Gasteiger partial charge in [-0.05, 0) is 25.3 Å². The Morgan fingerprint density at radius 2 is 1.83 bits per heavy atom. The molecule has 0 aromatic heterocycles. The number of aliphatic hydroxyl groups excluding tert-OH is 1. The van der Waals surface area contributed by atoms with Crippen molar-refractivity contribution < 1.29 is 5.11 Å². The van der Waals surface area contributed by atoms with Crippen LogP contribution in [-0.4, -0.2) is 11.2 Å². The summed E-state index contributed by atoms with van der Waals surface area (Å²) >= 11 is 0. The summed E-state index contributed by atoms with van der Waals surface area (Å²) in [4.78, 5) is 0. The van der Waals surface area contributed by atoms with Gasteiger partial charge in [-0.25, -0.2) is 0 Å². The Kier molecular flexibility index (Phi) is 4.44. The van der Waals surface area contributed by atoms with Crippen LogP contribution in [0.4, 0.5) is 0 Å². The molecular formula is C17H22O. The largest absolute Gasteiger partial charge is 0.391 e. The summed E-state index contributed by atoms with van der Waals surface area (Å²) in [5.74, 6) is 5.94. The van der Waals surface area contributed by atoms with Gasteiger partial charge in [-0.1, -0.05) is 49.6 Å². The van der Waals surface area contributed by atoms with Gasteiger partial charge in [0, 0.05) is 11.8 Å². The molecule has 1 fully saturated rings. The number of hydrogen-bond donors (Lipinski definition) is 1. The van der Waals surface area contributed by atoms with Gasteiger partial charge in [0.25, 0.3) is 0 Å². The molecule has 1 atom stereocenters. The van der Waals surface area contributed by atoms with Gasteiger partial charge < -0.3 is 5.11 Å². The maximum atomic E-state index is 10.6. The maximum absolute atomic E-state index is 10.6. The van der Waals surface area contributed by atoms with Crippen molar-refractivity contribution >= 4 is 0 Å². The summed E-state index contributed by atoms with van der Waals surface area (Å²) in [7, 11) is 0. The molecule has 1 aliphatic rings. The van der Waals surface area contributed by atoms with Crippen molar-refractivity contribution in [1.82, 2.24) is 0 Å². The second-order valence-corrected chi connectivity index (χ2v) is 5.23. The third kappa shape index (κ3) is 2.60. The highest BCUT2D eigenvalue weighted by atomic mass is 16.3. The summed E-state index contributed by atoms with van der Waals surface area (Å²) in [5.41, 5.74) is 1.22. The standard InChI is InChI=1S/C17H22O/c1-2-3-12-16(18)17(13-8-5-9-14-17)15-10-6-4-7-11-15/h4,6-7,10-11,16,18H,5,8-9,12-14H2,1H3. The fourth-order valence-corrected chi connectivity index (χ4v) is 3.16. The van der Waals surface area contributed by atoms with Crippen molar-refractivity contribution in [3.63, 3.8) is 0 Å². The molecule has 0 saturated heterocycles. The van der Waals surface area contributed by atoms with Crippen LogP contribution < -0.4 is 0 Å². The number of hydrogen-bond acceptors (Lipinski definition) is 1. The van der Waals surface area contributed by atoms with Crippen LogP contribution in [-0.2, 0) is 5.41 Å². The minimum atomic E-state index is -0.340. The van der Waals surface area contributed by atoms with Crippen molar-refractivity contribution in [3.05, 3.63) is 35.9 Å². The van der Waals surface area contributed by atoms with Crippen LogP contribution in [0.15, 0.2) is 30.3 Å². The molecule has 1 unspecified atom stereocenters. The average molecular weight is 242 g/mol. The lowest BCUT2D eigenvalue weighted by Gasteiger charge is -2.41. The SMILES string of the molecule is CC#CCC(O)C1(c2ccccc2)CCCCC1. The fourth-order valence-electron chi connectivity index (χ4n) is 3.16. The van der Waals surface area contributed by atoms with Crippen LogP contribution in [0, 0.1) is 11.8 Å². The van der Waals surface area contributed by atoms with Gasteiger partial charge >= 0.3 is 0 Å². The molecule has 1 aliphatic carbocycles. The maximum Gasteiger partial charge on any atom is 0.0745 e. The van der Waals surface area contributed by atoms with E-state index in [4.69, 9.17) is 0 Å². The predicted molar refractivity (Wildman–Crippen MR) is 75.3 cm³/mol. The zero-order chi connectivity index (χ0) is 12.8. The van der Waals surface area contributed by atoms with Crippen molar-refractivity contribution in [1.29, 1.82) is 0 Å². The van der Waals surface area contributed by atoms with Crippen LogP contribution in [0.3, 0.4) is 0 Å². The highest BCUT2D eigenvalue weighted by Crippen LogP contribution is 2.43. The molecule has 1 saturated carbocycles. The fraction of sp³-hybridized carbons (Fsp3) is 0.529. The Hall–Kier alpha value is -1.26. The lowest BCUT2D eigenvalue weighted by Crippen LogP contribution is -2.41. The first-order valence-electron chi connectivity index (χ1n) is 6.93. The van der Waals surface area contributed by atoms with E-state index in [9.17, 15) is 5.11 Å². The van der Waals surface area contributed by atoms with E-state index < -0.39 is 0 Å². The van der Waals surface area contributed by atoms with Crippen molar-refractivity contribution in [2.24, 2.45) is 0 Å². The Morgan fingerprint density at radius 3 is 2.44 bits per heavy atom. The van der Waals surface area contributed by atoms with Crippen LogP contribution in [0.25, 0.3) is 0 Å². The molecule has 1 nitrogen and oxygen atoms in total. The van der Waals surface area contributed by atoms with E-state index in [-0.39, 0.29) is 11.5 Å². The molecule has 0 radical (unpaired) electrons. The van der Waals surface area contributed by atoms with Gasteiger partial charge in [0.15, 0.2) is 0 Å². The second-order valence-electron chi connectivity index (χ2n) is 5.23. The molecule has 1 aromatic rings. The monoisotopic (exact) mass is 242 g/mol. The van der Waals surface area contributed by atoms with E-state index in [0.717, 1.165) is 12.8 Å². The van der Waals surface area contributed by atoms with E-state index in [0.29, 0.717) is 6.42 Å². The minimum Gasteiger partial charge on any atom is -0.391 e. The predicted octanol–water partition coefficient (Wildman–Crippen LogP) is 3.66. The molecule has 0 aliphatic heterocycles. The zero-order valence-electron chi connectivity index (χ0n) is 11.2. The van der Waals surface area contributed by atoms with Gasteiger partial charge in [0.1, 0.15) is 0 Å². The molecule has 0 spiro atoms. The number of benzene rings is 1. The topological polar surface area (TPSA) is 20.2 Å². The third-order valence-corrected chi connectivity index (χ3v) is 4.20. The van der Waals surface area contributed by atoms with Gasteiger partial charge in [0.05, 0.1) is 6.10 Å². The first-order chi connectivity index (χ1) is 8.79. The molecular weight excluding hydrogens is 220 g/mol.